The van der Waals surface area contributed by atoms with Gasteiger partial charge in [0, 0.05) is 7.05 Å². The van der Waals surface area contributed by atoms with Gasteiger partial charge in [0.25, 0.3) is 0 Å². The predicted molar refractivity (Wildman–Crippen MR) is 69.5 cm³/mol. The summed E-state index contributed by atoms with van der Waals surface area (Å²) in [7, 11) is 1.79. The van der Waals surface area contributed by atoms with Gasteiger partial charge in [-0.25, -0.2) is 9.97 Å². The predicted octanol–water partition coefficient (Wildman–Crippen LogP) is 2.28. The summed E-state index contributed by atoms with van der Waals surface area (Å²) in [5, 5.41) is 3.79. The van der Waals surface area contributed by atoms with E-state index in [1.807, 2.05) is 12.1 Å². The lowest BCUT2D eigenvalue weighted by molar-refractivity contribution is 0.530. The van der Waals surface area contributed by atoms with Crippen molar-refractivity contribution in [2.75, 3.05) is 12.4 Å². The van der Waals surface area contributed by atoms with Crippen molar-refractivity contribution >= 4 is 28.9 Å². The number of aromatic amines is 1. The second kappa shape index (κ2) is 4.69. The molecule has 0 unspecified atom stereocenters. The fraction of sp³-hybridized carbons (Fsp3) is 0.182. The number of nitrogens with one attached hydrogen (secondary N) is 2. The molecule has 0 atom stereocenters. The van der Waals surface area contributed by atoms with Gasteiger partial charge in [-0.1, -0.05) is 11.8 Å². The van der Waals surface area contributed by atoms with Crippen molar-refractivity contribution in [3.63, 3.8) is 0 Å². The molecule has 0 fully saturated rings. The number of fused-ring (bicyclic) bond motifs is 1. The molecule has 2 N–H and O–H groups in total. The largest absolute Gasteiger partial charge is 0.468 e. The highest BCUT2D eigenvalue weighted by atomic mass is 32.2. The Kier molecular flexibility index (Phi) is 2.89. The maximum atomic E-state index is 5.30. The van der Waals surface area contributed by atoms with Crippen molar-refractivity contribution in [1.29, 1.82) is 0 Å². The van der Waals surface area contributed by atoms with Crippen molar-refractivity contribution in [1.82, 2.24) is 19.9 Å². The smallest absolute Gasteiger partial charge is 0.225 e. The second-order valence-corrected chi connectivity index (χ2v) is 4.54. The van der Waals surface area contributed by atoms with Crippen molar-refractivity contribution in [3.05, 3.63) is 30.5 Å². The van der Waals surface area contributed by atoms with Crippen LogP contribution >= 0.6 is 11.8 Å². The minimum atomic E-state index is 0.566. The molecule has 3 aromatic rings. The number of thioether (sulfide) groups is 1. The quantitative estimate of drug-likeness (QED) is 0.554. The number of nitrogens with zero attached hydrogens (tertiary/aromatic N) is 3. The fourth-order valence-corrected chi connectivity index (χ4v) is 2.45. The highest BCUT2D eigenvalue weighted by Gasteiger charge is 2.10. The summed E-state index contributed by atoms with van der Waals surface area (Å²) in [5.74, 6) is 2.20. The van der Waals surface area contributed by atoms with Crippen LogP contribution in [0.15, 0.2) is 34.2 Å². The minimum absolute atomic E-state index is 0.566. The van der Waals surface area contributed by atoms with Gasteiger partial charge in [0.05, 0.1) is 18.3 Å². The van der Waals surface area contributed by atoms with Crippen LogP contribution in [-0.4, -0.2) is 27.0 Å². The molecule has 6 nitrogen and oxygen atoms in total. The molecule has 0 aliphatic carbocycles. The van der Waals surface area contributed by atoms with Crippen LogP contribution in [0.1, 0.15) is 5.76 Å². The third-order valence-corrected chi connectivity index (χ3v) is 3.41. The molecule has 3 rings (SSSR count). The van der Waals surface area contributed by atoms with Gasteiger partial charge in [-0.3, -0.25) is 0 Å². The van der Waals surface area contributed by atoms with E-state index in [1.54, 1.807) is 31.4 Å². The van der Waals surface area contributed by atoms with Gasteiger partial charge >= 0.3 is 0 Å². The molecule has 92 valence electrons. The van der Waals surface area contributed by atoms with Crippen LogP contribution < -0.4 is 5.32 Å². The average Bonchev–Trinajstić information content (AvgIpc) is 3.06. The normalized spacial score (nSPS) is 10.9. The number of anilines is 1. The Morgan fingerprint density at radius 3 is 3.17 bits per heavy atom. The van der Waals surface area contributed by atoms with E-state index in [1.165, 1.54) is 0 Å². The maximum absolute atomic E-state index is 5.30. The number of hydrogen-bond acceptors (Lipinski definition) is 6. The lowest BCUT2D eigenvalue weighted by Crippen LogP contribution is -1.98. The number of hydrogen-bond donors (Lipinski definition) is 2. The standard InChI is InChI=1S/C11H11N5OS/c1-12-11-15-9-8(13-6-14-9)10(16-11)18-5-7-3-2-4-17-7/h2-4,6H,5H2,1H3,(H2,12,13,14,15,16). The average molecular weight is 261 g/mol. The van der Waals surface area contributed by atoms with E-state index >= 15 is 0 Å². The van der Waals surface area contributed by atoms with Gasteiger partial charge in [0.2, 0.25) is 5.95 Å². The highest BCUT2D eigenvalue weighted by Crippen LogP contribution is 2.27. The first-order valence-electron chi connectivity index (χ1n) is 5.41. The number of rotatable bonds is 4. The molecular formula is C11H11N5OS. The molecule has 0 aliphatic heterocycles. The highest BCUT2D eigenvalue weighted by molar-refractivity contribution is 7.98. The zero-order chi connectivity index (χ0) is 12.4. The second-order valence-electron chi connectivity index (χ2n) is 3.57. The molecule has 7 heteroatoms. The Labute approximate surface area is 107 Å². The molecule has 0 amide bonds. The summed E-state index contributed by atoms with van der Waals surface area (Å²) in [4.78, 5) is 15.9. The summed E-state index contributed by atoms with van der Waals surface area (Å²) in [6, 6.07) is 3.82. The van der Waals surface area contributed by atoms with Crippen LogP contribution in [0, 0.1) is 0 Å². The lowest BCUT2D eigenvalue weighted by atomic mass is 10.5. The summed E-state index contributed by atoms with van der Waals surface area (Å²) in [6.45, 7) is 0. The molecule has 18 heavy (non-hydrogen) atoms. The molecule has 0 radical (unpaired) electrons. The third kappa shape index (κ3) is 2.04. The van der Waals surface area contributed by atoms with Gasteiger partial charge in [-0.05, 0) is 12.1 Å². The fourth-order valence-electron chi connectivity index (χ4n) is 1.56. The van der Waals surface area contributed by atoms with Gasteiger partial charge in [0.15, 0.2) is 5.65 Å². The SMILES string of the molecule is CNc1nc(SCc2ccco2)c2[nH]cnc2n1. The van der Waals surface area contributed by atoms with E-state index in [-0.39, 0.29) is 0 Å². The molecular weight excluding hydrogens is 250 g/mol. The molecule has 0 aromatic carbocycles. The van der Waals surface area contributed by atoms with Crippen molar-refractivity contribution < 1.29 is 4.42 Å². The van der Waals surface area contributed by atoms with E-state index in [0.29, 0.717) is 11.6 Å². The number of aromatic nitrogens is 4. The van der Waals surface area contributed by atoms with Gasteiger partial charge in [-0.15, -0.1) is 0 Å². The van der Waals surface area contributed by atoms with Gasteiger partial charge in [0.1, 0.15) is 16.3 Å². The van der Waals surface area contributed by atoms with E-state index < -0.39 is 0 Å². The van der Waals surface area contributed by atoms with E-state index in [0.717, 1.165) is 22.1 Å². The maximum Gasteiger partial charge on any atom is 0.225 e. The Balaban J connectivity index is 1.92. The lowest BCUT2D eigenvalue weighted by Gasteiger charge is -2.03. The number of furan rings is 1. The zero-order valence-electron chi connectivity index (χ0n) is 9.67. The Morgan fingerprint density at radius 2 is 2.39 bits per heavy atom. The minimum Gasteiger partial charge on any atom is -0.468 e. The van der Waals surface area contributed by atoms with Crippen LogP contribution in [0.2, 0.25) is 0 Å². The van der Waals surface area contributed by atoms with Crippen LogP contribution in [0.3, 0.4) is 0 Å². The zero-order valence-corrected chi connectivity index (χ0v) is 10.5. The Bertz CT molecular complexity index is 649. The van der Waals surface area contributed by atoms with Crippen LogP contribution in [0.5, 0.6) is 0 Å². The summed E-state index contributed by atoms with van der Waals surface area (Å²) >= 11 is 1.59. The van der Waals surface area contributed by atoms with Crippen LogP contribution in [0.4, 0.5) is 5.95 Å². The van der Waals surface area contributed by atoms with E-state index in [2.05, 4.69) is 25.3 Å². The molecule has 0 spiro atoms. The van der Waals surface area contributed by atoms with E-state index in [9.17, 15) is 0 Å². The molecule has 0 saturated carbocycles. The van der Waals surface area contributed by atoms with Crippen molar-refractivity contribution in [2.24, 2.45) is 0 Å². The van der Waals surface area contributed by atoms with Crippen LogP contribution in [0.25, 0.3) is 11.2 Å². The van der Waals surface area contributed by atoms with E-state index in [4.69, 9.17) is 4.42 Å². The summed E-state index contributed by atoms with van der Waals surface area (Å²) in [5.41, 5.74) is 1.52. The molecule has 0 aliphatic rings. The Hall–Kier alpha value is -2.02. The van der Waals surface area contributed by atoms with Crippen molar-refractivity contribution in [3.8, 4) is 0 Å². The first kappa shape index (κ1) is 11.1. The molecule has 0 bridgehead atoms. The number of H-pyrrole nitrogens is 1. The van der Waals surface area contributed by atoms with Crippen LogP contribution in [-0.2, 0) is 5.75 Å². The van der Waals surface area contributed by atoms with Gasteiger partial charge < -0.3 is 14.7 Å². The van der Waals surface area contributed by atoms with Crippen molar-refractivity contribution in [2.45, 2.75) is 10.8 Å². The summed E-state index contributed by atoms with van der Waals surface area (Å²) < 4.78 is 5.30. The molecule has 3 heterocycles. The third-order valence-electron chi connectivity index (χ3n) is 2.41. The molecule has 0 saturated heterocycles. The van der Waals surface area contributed by atoms with Gasteiger partial charge in [-0.2, -0.15) is 4.98 Å². The number of imidazole rings is 1. The first-order chi connectivity index (χ1) is 8.86. The summed E-state index contributed by atoms with van der Waals surface area (Å²) in [6.07, 6.45) is 3.29. The monoisotopic (exact) mass is 261 g/mol. The topological polar surface area (TPSA) is 79.6 Å². The first-order valence-corrected chi connectivity index (χ1v) is 6.39. The molecule has 3 aromatic heterocycles. The Morgan fingerprint density at radius 1 is 1.44 bits per heavy atom.